The molecule has 1 atom stereocenters. The SMILES string of the molecule is C1CCNC1.CCCCC(C)O. The number of unbranched alkanes of at least 4 members (excludes halogenated alkanes) is 1. The van der Waals surface area contributed by atoms with E-state index in [4.69, 9.17) is 5.11 Å². The predicted molar refractivity (Wildman–Crippen MR) is 53.3 cm³/mol. The maximum absolute atomic E-state index is 8.68. The lowest BCUT2D eigenvalue weighted by atomic mass is 10.2. The van der Waals surface area contributed by atoms with Gasteiger partial charge in [-0.05, 0) is 39.3 Å². The minimum absolute atomic E-state index is 0.0973. The fourth-order valence-corrected chi connectivity index (χ4v) is 1.12. The van der Waals surface area contributed by atoms with Crippen molar-refractivity contribution < 1.29 is 5.11 Å². The first-order chi connectivity index (χ1) is 5.77. The molecule has 0 aliphatic carbocycles. The highest BCUT2D eigenvalue weighted by Gasteiger charge is 1.93. The molecule has 0 spiro atoms. The van der Waals surface area contributed by atoms with E-state index >= 15 is 0 Å². The number of rotatable bonds is 3. The van der Waals surface area contributed by atoms with Crippen LogP contribution in [0.5, 0.6) is 0 Å². The van der Waals surface area contributed by atoms with Crippen LogP contribution in [0.1, 0.15) is 46.0 Å². The first-order valence-electron chi connectivity index (χ1n) is 5.16. The van der Waals surface area contributed by atoms with Crippen molar-refractivity contribution in [2.75, 3.05) is 13.1 Å². The summed E-state index contributed by atoms with van der Waals surface area (Å²) in [5, 5.41) is 11.9. The normalized spacial score (nSPS) is 18.2. The standard InChI is InChI=1S/C6H14O.C4H9N/c1-3-4-5-6(2)7;1-2-4-5-3-1/h6-7H,3-5H2,1-2H3;5H,1-4H2. The summed E-state index contributed by atoms with van der Waals surface area (Å²) in [6.45, 7) is 6.46. The Hall–Kier alpha value is -0.0800. The molecule has 74 valence electrons. The average molecular weight is 173 g/mol. The molecule has 1 unspecified atom stereocenters. The lowest BCUT2D eigenvalue weighted by Crippen LogP contribution is -2.03. The van der Waals surface area contributed by atoms with Crippen LogP contribution in [0.15, 0.2) is 0 Å². The summed E-state index contributed by atoms with van der Waals surface area (Å²) in [5.74, 6) is 0. The molecule has 0 bridgehead atoms. The van der Waals surface area contributed by atoms with Gasteiger partial charge >= 0.3 is 0 Å². The Bertz CT molecular complexity index is 72.3. The van der Waals surface area contributed by atoms with Crippen LogP contribution in [0.4, 0.5) is 0 Å². The summed E-state index contributed by atoms with van der Waals surface area (Å²) in [5.41, 5.74) is 0. The number of aliphatic hydroxyl groups excluding tert-OH is 1. The molecular weight excluding hydrogens is 150 g/mol. The largest absolute Gasteiger partial charge is 0.393 e. The van der Waals surface area contributed by atoms with E-state index in [0.29, 0.717) is 0 Å². The third kappa shape index (κ3) is 9.92. The summed E-state index contributed by atoms with van der Waals surface area (Å²) in [6, 6.07) is 0. The molecule has 1 fully saturated rings. The lowest BCUT2D eigenvalue weighted by Gasteiger charge is -1.98. The topological polar surface area (TPSA) is 32.3 Å². The van der Waals surface area contributed by atoms with Crippen molar-refractivity contribution in [2.45, 2.75) is 52.1 Å². The molecule has 0 aromatic heterocycles. The molecule has 0 saturated carbocycles. The second-order valence-electron chi connectivity index (χ2n) is 3.45. The lowest BCUT2D eigenvalue weighted by molar-refractivity contribution is 0.181. The Kier molecular flexibility index (Phi) is 8.95. The molecule has 2 heteroatoms. The summed E-state index contributed by atoms with van der Waals surface area (Å²) in [6.07, 6.45) is 5.97. The van der Waals surface area contributed by atoms with E-state index in [0.717, 1.165) is 12.8 Å². The predicted octanol–water partition coefficient (Wildman–Crippen LogP) is 1.93. The van der Waals surface area contributed by atoms with Crippen molar-refractivity contribution >= 4 is 0 Å². The highest BCUT2D eigenvalue weighted by atomic mass is 16.3. The van der Waals surface area contributed by atoms with Crippen LogP contribution in [0.3, 0.4) is 0 Å². The van der Waals surface area contributed by atoms with Gasteiger partial charge in [0.05, 0.1) is 6.10 Å². The molecule has 0 aromatic rings. The van der Waals surface area contributed by atoms with E-state index in [2.05, 4.69) is 12.2 Å². The van der Waals surface area contributed by atoms with Crippen molar-refractivity contribution in [3.63, 3.8) is 0 Å². The van der Waals surface area contributed by atoms with E-state index in [9.17, 15) is 0 Å². The maximum atomic E-state index is 8.68. The zero-order valence-corrected chi connectivity index (χ0v) is 8.47. The van der Waals surface area contributed by atoms with E-state index in [1.165, 1.54) is 32.4 Å². The van der Waals surface area contributed by atoms with Gasteiger partial charge in [-0.1, -0.05) is 19.8 Å². The molecule has 0 aromatic carbocycles. The first kappa shape index (κ1) is 11.9. The minimum Gasteiger partial charge on any atom is -0.393 e. The summed E-state index contributed by atoms with van der Waals surface area (Å²) in [7, 11) is 0. The molecule has 1 aliphatic heterocycles. The second-order valence-corrected chi connectivity index (χ2v) is 3.45. The summed E-state index contributed by atoms with van der Waals surface area (Å²) < 4.78 is 0. The Labute approximate surface area is 76.4 Å². The molecule has 1 aliphatic rings. The van der Waals surface area contributed by atoms with E-state index in [1.54, 1.807) is 0 Å². The molecule has 0 radical (unpaired) electrons. The average Bonchev–Trinajstić information content (AvgIpc) is 2.57. The number of nitrogens with one attached hydrogen (secondary N) is 1. The van der Waals surface area contributed by atoms with Gasteiger partial charge in [0.25, 0.3) is 0 Å². The van der Waals surface area contributed by atoms with Crippen molar-refractivity contribution in [2.24, 2.45) is 0 Å². The van der Waals surface area contributed by atoms with E-state index < -0.39 is 0 Å². The van der Waals surface area contributed by atoms with Gasteiger partial charge in [0.15, 0.2) is 0 Å². The van der Waals surface area contributed by atoms with Crippen molar-refractivity contribution in [3.05, 3.63) is 0 Å². The van der Waals surface area contributed by atoms with Crippen molar-refractivity contribution in [1.82, 2.24) is 5.32 Å². The Morgan fingerprint density at radius 1 is 1.33 bits per heavy atom. The van der Waals surface area contributed by atoms with Gasteiger partial charge < -0.3 is 10.4 Å². The van der Waals surface area contributed by atoms with Gasteiger partial charge in [-0.15, -0.1) is 0 Å². The Morgan fingerprint density at radius 2 is 1.92 bits per heavy atom. The fraction of sp³-hybridized carbons (Fsp3) is 1.00. The summed E-state index contributed by atoms with van der Waals surface area (Å²) >= 11 is 0. The van der Waals surface area contributed by atoms with Crippen LogP contribution in [-0.2, 0) is 0 Å². The molecule has 1 saturated heterocycles. The van der Waals surface area contributed by atoms with Crippen LogP contribution in [0.2, 0.25) is 0 Å². The van der Waals surface area contributed by atoms with Gasteiger partial charge in [-0.3, -0.25) is 0 Å². The second kappa shape index (κ2) is 9.01. The minimum atomic E-state index is -0.0973. The zero-order valence-electron chi connectivity index (χ0n) is 8.47. The number of hydrogen-bond donors (Lipinski definition) is 2. The molecule has 1 heterocycles. The monoisotopic (exact) mass is 173 g/mol. The maximum Gasteiger partial charge on any atom is 0.0512 e. The van der Waals surface area contributed by atoms with Gasteiger partial charge in [-0.2, -0.15) is 0 Å². The van der Waals surface area contributed by atoms with Crippen molar-refractivity contribution in [3.8, 4) is 0 Å². The third-order valence-electron chi connectivity index (χ3n) is 1.93. The van der Waals surface area contributed by atoms with E-state index in [-0.39, 0.29) is 6.10 Å². The molecule has 2 N–H and O–H groups in total. The van der Waals surface area contributed by atoms with Crippen molar-refractivity contribution in [1.29, 1.82) is 0 Å². The zero-order chi connectivity index (χ0) is 9.23. The number of hydrogen-bond acceptors (Lipinski definition) is 2. The first-order valence-corrected chi connectivity index (χ1v) is 5.16. The van der Waals surface area contributed by atoms with Gasteiger partial charge in [0.1, 0.15) is 0 Å². The molecule has 2 nitrogen and oxygen atoms in total. The number of aliphatic hydroxyl groups is 1. The van der Waals surface area contributed by atoms with Gasteiger partial charge in [0, 0.05) is 0 Å². The highest BCUT2D eigenvalue weighted by molar-refractivity contribution is 4.55. The van der Waals surface area contributed by atoms with Crippen LogP contribution < -0.4 is 5.32 Å². The molecule has 12 heavy (non-hydrogen) atoms. The smallest absolute Gasteiger partial charge is 0.0512 e. The molecule has 0 amide bonds. The van der Waals surface area contributed by atoms with Crippen LogP contribution in [0.25, 0.3) is 0 Å². The quantitative estimate of drug-likeness (QED) is 0.683. The highest BCUT2D eigenvalue weighted by Crippen LogP contribution is 1.97. The molecular formula is C10H23NO. The van der Waals surface area contributed by atoms with E-state index in [1.807, 2.05) is 6.92 Å². The van der Waals surface area contributed by atoms with Gasteiger partial charge in [0.2, 0.25) is 0 Å². The summed E-state index contributed by atoms with van der Waals surface area (Å²) in [4.78, 5) is 0. The van der Waals surface area contributed by atoms with Crippen LogP contribution in [-0.4, -0.2) is 24.3 Å². The fourth-order valence-electron chi connectivity index (χ4n) is 1.12. The third-order valence-corrected chi connectivity index (χ3v) is 1.93. The van der Waals surface area contributed by atoms with Crippen LogP contribution in [0, 0.1) is 0 Å². The molecule has 1 rings (SSSR count). The van der Waals surface area contributed by atoms with Crippen LogP contribution >= 0.6 is 0 Å². The Balaban J connectivity index is 0.000000211. The Morgan fingerprint density at radius 3 is 2.08 bits per heavy atom. The van der Waals surface area contributed by atoms with Gasteiger partial charge in [-0.25, -0.2) is 0 Å².